The maximum atomic E-state index is 11.6. The van der Waals surface area contributed by atoms with Crippen molar-refractivity contribution in [1.29, 1.82) is 0 Å². The van der Waals surface area contributed by atoms with E-state index in [4.69, 9.17) is 21.4 Å². The van der Waals surface area contributed by atoms with Gasteiger partial charge in [0.25, 0.3) is 5.91 Å². The molecule has 0 aliphatic carbocycles. The Morgan fingerprint density at radius 3 is 3.00 bits per heavy atom. The highest BCUT2D eigenvalue weighted by molar-refractivity contribution is 7.80. The van der Waals surface area contributed by atoms with Crippen LogP contribution in [-0.2, 0) is 9.53 Å². The number of rotatable bonds is 4. The Balaban J connectivity index is 1.63. The molecule has 1 aliphatic rings. The molecule has 0 bridgehead atoms. The number of hydrazine groups is 1. The number of carbonyl (C=O) groups excluding carboxylic acids is 1. The molecular formula is C14H19N3O3S. The first kappa shape index (κ1) is 15.5. The highest BCUT2D eigenvalue weighted by Gasteiger charge is 2.15. The number of furan rings is 1. The lowest BCUT2D eigenvalue weighted by Gasteiger charge is -2.13. The normalized spacial score (nSPS) is 17.9. The van der Waals surface area contributed by atoms with Crippen molar-refractivity contribution in [1.82, 2.24) is 16.2 Å². The van der Waals surface area contributed by atoms with Gasteiger partial charge < -0.3 is 14.5 Å². The van der Waals surface area contributed by atoms with Gasteiger partial charge in [0.1, 0.15) is 11.5 Å². The Bertz CT molecular complexity index is 521. The van der Waals surface area contributed by atoms with Crippen molar-refractivity contribution < 1.29 is 13.9 Å². The Hall–Kier alpha value is -1.86. The summed E-state index contributed by atoms with van der Waals surface area (Å²) >= 11 is 5.05. The average Bonchev–Trinajstić information content (AvgIpc) is 3.12. The van der Waals surface area contributed by atoms with Crippen LogP contribution in [0, 0.1) is 6.92 Å². The summed E-state index contributed by atoms with van der Waals surface area (Å²) in [5.74, 6) is 1.11. The van der Waals surface area contributed by atoms with Gasteiger partial charge >= 0.3 is 0 Å². The number of aryl methyl sites for hydroxylation is 1. The van der Waals surface area contributed by atoms with Gasteiger partial charge in [-0.15, -0.1) is 0 Å². The fourth-order valence-corrected chi connectivity index (χ4v) is 2.05. The van der Waals surface area contributed by atoms with Crippen LogP contribution in [0.4, 0.5) is 0 Å². The summed E-state index contributed by atoms with van der Waals surface area (Å²) < 4.78 is 10.8. The van der Waals surface area contributed by atoms with Gasteiger partial charge in [-0.1, -0.05) is 0 Å². The third kappa shape index (κ3) is 5.57. The summed E-state index contributed by atoms with van der Waals surface area (Å²) in [6, 6.07) is 3.63. The van der Waals surface area contributed by atoms with Crippen LogP contribution in [0.25, 0.3) is 6.08 Å². The molecule has 6 nitrogen and oxygen atoms in total. The molecule has 21 heavy (non-hydrogen) atoms. The standard InChI is InChI=1S/C14H19N3O3S/c1-10-4-5-11(20-10)6-7-13(18)16-17-14(21)15-9-12-3-2-8-19-12/h4-7,12H,2-3,8-9H2,1H3,(H,16,18)(H2,15,17,21)/b7-6+/t12-/m0/s1. The molecule has 0 unspecified atom stereocenters. The van der Waals surface area contributed by atoms with Crippen LogP contribution < -0.4 is 16.2 Å². The van der Waals surface area contributed by atoms with Crippen molar-refractivity contribution in [3.05, 3.63) is 29.7 Å². The minimum absolute atomic E-state index is 0.197. The Morgan fingerprint density at radius 2 is 2.33 bits per heavy atom. The summed E-state index contributed by atoms with van der Waals surface area (Å²) in [4.78, 5) is 11.6. The van der Waals surface area contributed by atoms with Gasteiger partial charge in [0.2, 0.25) is 0 Å². The molecule has 2 heterocycles. The summed E-state index contributed by atoms with van der Waals surface area (Å²) in [5.41, 5.74) is 5.10. The number of hydrogen-bond donors (Lipinski definition) is 3. The third-order valence-corrected chi connectivity index (χ3v) is 3.22. The van der Waals surface area contributed by atoms with E-state index in [2.05, 4.69) is 16.2 Å². The lowest BCUT2D eigenvalue weighted by molar-refractivity contribution is -0.116. The van der Waals surface area contributed by atoms with E-state index in [-0.39, 0.29) is 12.0 Å². The summed E-state index contributed by atoms with van der Waals surface area (Å²) in [5, 5.41) is 3.36. The monoisotopic (exact) mass is 309 g/mol. The van der Waals surface area contributed by atoms with Crippen molar-refractivity contribution in [2.45, 2.75) is 25.9 Å². The zero-order valence-electron chi connectivity index (χ0n) is 11.8. The number of carbonyl (C=O) groups is 1. The minimum atomic E-state index is -0.315. The second-order valence-corrected chi connectivity index (χ2v) is 5.15. The molecule has 1 aromatic rings. The smallest absolute Gasteiger partial charge is 0.262 e. The molecular weight excluding hydrogens is 290 g/mol. The number of hydrogen-bond acceptors (Lipinski definition) is 4. The van der Waals surface area contributed by atoms with Crippen molar-refractivity contribution in [3.8, 4) is 0 Å². The Kier molecular flexibility index (Phi) is 5.77. The summed E-state index contributed by atoms with van der Waals surface area (Å²) in [6.45, 7) is 3.29. The number of ether oxygens (including phenoxy) is 1. The van der Waals surface area contributed by atoms with E-state index >= 15 is 0 Å². The fraction of sp³-hybridized carbons (Fsp3) is 0.429. The molecule has 2 rings (SSSR count). The quantitative estimate of drug-likeness (QED) is 0.442. The average molecular weight is 309 g/mol. The summed E-state index contributed by atoms with van der Waals surface area (Å²) in [7, 11) is 0. The fourth-order valence-electron chi connectivity index (χ4n) is 1.92. The van der Waals surface area contributed by atoms with E-state index < -0.39 is 0 Å². The van der Waals surface area contributed by atoms with Crippen molar-refractivity contribution in [3.63, 3.8) is 0 Å². The molecule has 3 N–H and O–H groups in total. The zero-order chi connectivity index (χ0) is 15.1. The SMILES string of the molecule is Cc1ccc(/C=C/C(=O)NNC(=S)NC[C@@H]2CCCO2)o1. The maximum absolute atomic E-state index is 11.6. The lowest BCUT2D eigenvalue weighted by Crippen LogP contribution is -2.47. The van der Waals surface area contributed by atoms with E-state index in [0.717, 1.165) is 25.2 Å². The van der Waals surface area contributed by atoms with Crippen LogP contribution in [0.1, 0.15) is 24.4 Å². The van der Waals surface area contributed by atoms with E-state index in [1.54, 1.807) is 12.1 Å². The van der Waals surface area contributed by atoms with Gasteiger partial charge in [0.15, 0.2) is 5.11 Å². The van der Waals surface area contributed by atoms with E-state index in [0.29, 0.717) is 17.4 Å². The molecule has 1 fully saturated rings. The van der Waals surface area contributed by atoms with Crippen molar-refractivity contribution in [2.24, 2.45) is 0 Å². The second kappa shape index (κ2) is 7.80. The summed E-state index contributed by atoms with van der Waals surface area (Å²) in [6.07, 6.45) is 5.27. The second-order valence-electron chi connectivity index (χ2n) is 4.74. The molecule has 0 spiro atoms. The first-order valence-electron chi connectivity index (χ1n) is 6.83. The topological polar surface area (TPSA) is 75.5 Å². The Labute approximate surface area is 128 Å². The van der Waals surface area contributed by atoms with Gasteiger partial charge in [-0.25, -0.2) is 0 Å². The maximum Gasteiger partial charge on any atom is 0.262 e. The van der Waals surface area contributed by atoms with Crippen molar-refractivity contribution >= 4 is 29.3 Å². The molecule has 7 heteroatoms. The van der Waals surface area contributed by atoms with Crippen LogP contribution >= 0.6 is 12.2 Å². The van der Waals surface area contributed by atoms with Crippen LogP contribution in [0.15, 0.2) is 22.6 Å². The molecule has 114 valence electrons. The largest absolute Gasteiger partial charge is 0.462 e. The minimum Gasteiger partial charge on any atom is -0.462 e. The third-order valence-electron chi connectivity index (χ3n) is 2.97. The van der Waals surface area contributed by atoms with E-state index in [9.17, 15) is 4.79 Å². The molecule has 0 radical (unpaired) electrons. The predicted molar refractivity (Wildman–Crippen MR) is 83.3 cm³/mol. The van der Waals surface area contributed by atoms with Crippen LogP contribution in [0.2, 0.25) is 0 Å². The highest BCUT2D eigenvalue weighted by atomic mass is 32.1. The molecule has 0 aromatic carbocycles. The van der Waals surface area contributed by atoms with Gasteiger partial charge in [-0.2, -0.15) is 0 Å². The molecule has 1 saturated heterocycles. The van der Waals surface area contributed by atoms with Crippen LogP contribution in [0.5, 0.6) is 0 Å². The highest BCUT2D eigenvalue weighted by Crippen LogP contribution is 2.10. The van der Waals surface area contributed by atoms with E-state index in [1.165, 1.54) is 6.08 Å². The van der Waals surface area contributed by atoms with Gasteiger partial charge in [0, 0.05) is 19.2 Å². The lowest BCUT2D eigenvalue weighted by atomic mass is 10.2. The molecule has 1 aliphatic heterocycles. The van der Waals surface area contributed by atoms with Crippen molar-refractivity contribution in [2.75, 3.05) is 13.2 Å². The zero-order valence-corrected chi connectivity index (χ0v) is 12.7. The first-order valence-corrected chi connectivity index (χ1v) is 7.24. The predicted octanol–water partition coefficient (Wildman–Crippen LogP) is 1.28. The number of amides is 1. The number of nitrogens with one attached hydrogen (secondary N) is 3. The number of thiocarbonyl (C=S) groups is 1. The Morgan fingerprint density at radius 1 is 1.48 bits per heavy atom. The first-order chi connectivity index (χ1) is 10.1. The van der Waals surface area contributed by atoms with Gasteiger partial charge in [-0.3, -0.25) is 15.6 Å². The van der Waals surface area contributed by atoms with Gasteiger partial charge in [-0.05, 0) is 50.2 Å². The molecule has 0 saturated carbocycles. The van der Waals surface area contributed by atoms with E-state index in [1.807, 2.05) is 13.0 Å². The molecule has 1 atom stereocenters. The van der Waals surface area contributed by atoms with Crippen LogP contribution in [-0.4, -0.2) is 30.3 Å². The van der Waals surface area contributed by atoms with Crippen LogP contribution in [0.3, 0.4) is 0 Å². The molecule has 1 aromatic heterocycles. The molecule has 1 amide bonds. The van der Waals surface area contributed by atoms with Gasteiger partial charge in [0.05, 0.1) is 6.10 Å².